The van der Waals surface area contributed by atoms with Crippen molar-refractivity contribution in [3.63, 3.8) is 0 Å². The molecule has 2 rings (SSSR count). The summed E-state index contributed by atoms with van der Waals surface area (Å²) in [5, 5.41) is 0. The summed E-state index contributed by atoms with van der Waals surface area (Å²) < 4.78 is 37.2. The number of hydrogen-bond acceptors (Lipinski definition) is 2. The highest BCUT2D eigenvalue weighted by Crippen LogP contribution is 2.32. The molecule has 0 saturated carbocycles. The number of anilines is 1. The second-order valence-electron chi connectivity index (χ2n) is 4.59. The second-order valence-corrected chi connectivity index (χ2v) is 4.59. The molecule has 2 unspecified atom stereocenters. The van der Waals surface area contributed by atoms with E-state index in [-0.39, 0.29) is 0 Å². The van der Waals surface area contributed by atoms with Gasteiger partial charge in [0.25, 0.3) is 0 Å². The average Bonchev–Trinajstić information content (AvgIpc) is 2.58. The molecule has 1 aromatic heterocycles. The number of rotatable bonds is 1. The molecular formula is C12H15F3N2. The lowest BCUT2D eigenvalue weighted by Crippen LogP contribution is -2.33. The number of alkyl halides is 3. The zero-order valence-electron chi connectivity index (χ0n) is 9.83. The molecule has 2 nitrogen and oxygen atoms in total. The number of nitrogens with zero attached hydrogens (tertiary/aromatic N) is 2. The maximum atomic E-state index is 12.4. The Hall–Kier alpha value is -1.26. The first kappa shape index (κ1) is 12.2. The van der Waals surface area contributed by atoms with Gasteiger partial charge in [0, 0.05) is 18.3 Å². The van der Waals surface area contributed by atoms with Gasteiger partial charge in [0.15, 0.2) is 0 Å². The summed E-state index contributed by atoms with van der Waals surface area (Å²) >= 11 is 0. The number of halogens is 3. The minimum Gasteiger partial charge on any atom is -0.351 e. The van der Waals surface area contributed by atoms with Gasteiger partial charge in [-0.2, -0.15) is 13.2 Å². The van der Waals surface area contributed by atoms with Crippen molar-refractivity contribution in [2.45, 2.75) is 44.9 Å². The molecule has 1 aliphatic heterocycles. The van der Waals surface area contributed by atoms with Crippen LogP contribution in [0.5, 0.6) is 0 Å². The molecule has 0 aromatic carbocycles. The van der Waals surface area contributed by atoms with Crippen LogP contribution in [0.2, 0.25) is 0 Å². The fraction of sp³-hybridized carbons (Fsp3) is 0.583. The van der Waals surface area contributed by atoms with Crippen molar-refractivity contribution in [2.24, 2.45) is 0 Å². The van der Waals surface area contributed by atoms with Crippen molar-refractivity contribution < 1.29 is 13.2 Å². The normalized spacial score (nSPS) is 25.4. The van der Waals surface area contributed by atoms with Gasteiger partial charge in [-0.1, -0.05) is 0 Å². The Morgan fingerprint density at radius 2 is 1.76 bits per heavy atom. The topological polar surface area (TPSA) is 16.1 Å². The number of pyridine rings is 1. The van der Waals surface area contributed by atoms with Crippen LogP contribution in [0.4, 0.5) is 19.0 Å². The van der Waals surface area contributed by atoms with E-state index >= 15 is 0 Å². The molecule has 1 saturated heterocycles. The molecule has 1 aliphatic rings. The lowest BCUT2D eigenvalue weighted by Gasteiger charge is -2.27. The lowest BCUT2D eigenvalue weighted by atomic mass is 10.2. The molecule has 17 heavy (non-hydrogen) atoms. The van der Waals surface area contributed by atoms with Gasteiger partial charge >= 0.3 is 6.18 Å². The molecule has 94 valence electrons. The summed E-state index contributed by atoms with van der Waals surface area (Å²) in [6.07, 6.45) is -1.28. The summed E-state index contributed by atoms with van der Waals surface area (Å²) in [5.41, 5.74) is -0.694. The molecule has 5 heteroatoms. The first-order valence-corrected chi connectivity index (χ1v) is 5.71. The average molecular weight is 244 g/mol. The third-order valence-corrected chi connectivity index (χ3v) is 3.29. The molecule has 1 fully saturated rings. The Kier molecular flexibility index (Phi) is 3.02. The SMILES string of the molecule is CC1CCC(C)N1c1ccc(C(F)(F)F)cn1. The van der Waals surface area contributed by atoms with Crippen molar-refractivity contribution in [3.05, 3.63) is 23.9 Å². The van der Waals surface area contributed by atoms with Crippen molar-refractivity contribution in [2.75, 3.05) is 4.90 Å². The molecular weight excluding hydrogens is 229 g/mol. The van der Waals surface area contributed by atoms with E-state index in [2.05, 4.69) is 23.7 Å². The predicted molar refractivity (Wildman–Crippen MR) is 59.9 cm³/mol. The highest BCUT2D eigenvalue weighted by Gasteiger charge is 2.32. The monoisotopic (exact) mass is 244 g/mol. The molecule has 2 atom stereocenters. The number of hydrogen-bond donors (Lipinski definition) is 0. The standard InChI is InChI=1S/C12H15F3N2/c1-8-3-4-9(2)17(8)11-6-5-10(7-16-11)12(13,14)15/h5-9H,3-4H2,1-2H3. The van der Waals surface area contributed by atoms with Gasteiger partial charge in [0.05, 0.1) is 5.56 Å². The molecule has 0 aliphatic carbocycles. The third kappa shape index (κ3) is 2.37. The number of aromatic nitrogens is 1. The second kappa shape index (κ2) is 4.20. The lowest BCUT2D eigenvalue weighted by molar-refractivity contribution is -0.137. The Balaban J connectivity index is 2.24. The van der Waals surface area contributed by atoms with E-state index in [1.807, 2.05) is 0 Å². The van der Waals surface area contributed by atoms with E-state index < -0.39 is 11.7 Å². The summed E-state index contributed by atoms with van der Waals surface area (Å²) in [5.74, 6) is 0.635. The van der Waals surface area contributed by atoms with Crippen molar-refractivity contribution in [1.29, 1.82) is 0 Å². The maximum absolute atomic E-state index is 12.4. The van der Waals surface area contributed by atoms with Gasteiger partial charge in [-0.3, -0.25) is 0 Å². The van der Waals surface area contributed by atoms with Crippen LogP contribution in [0.25, 0.3) is 0 Å². The Labute approximate surface area is 98.5 Å². The minimum absolute atomic E-state index is 0.342. The van der Waals surface area contributed by atoms with E-state index in [0.717, 1.165) is 25.1 Å². The third-order valence-electron chi connectivity index (χ3n) is 3.29. The van der Waals surface area contributed by atoms with Gasteiger partial charge in [-0.25, -0.2) is 4.98 Å². The molecule has 0 spiro atoms. The van der Waals surface area contributed by atoms with E-state index in [0.29, 0.717) is 17.9 Å². The van der Waals surface area contributed by atoms with E-state index in [9.17, 15) is 13.2 Å². The highest BCUT2D eigenvalue weighted by molar-refractivity contribution is 5.43. The zero-order valence-corrected chi connectivity index (χ0v) is 9.83. The van der Waals surface area contributed by atoms with Crippen LogP contribution >= 0.6 is 0 Å². The summed E-state index contributed by atoms with van der Waals surface area (Å²) in [6.45, 7) is 4.14. The molecule has 0 radical (unpaired) electrons. The summed E-state index contributed by atoms with van der Waals surface area (Å²) in [4.78, 5) is 6.02. The van der Waals surface area contributed by atoms with Crippen molar-refractivity contribution in [3.8, 4) is 0 Å². The first-order chi connectivity index (χ1) is 7.89. The Morgan fingerprint density at radius 3 is 2.18 bits per heavy atom. The first-order valence-electron chi connectivity index (χ1n) is 5.71. The van der Waals surface area contributed by atoms with Crippen molar-refractivity contribution >= 4 is 5.82 Å². The molecule has 2 heterocycles. The highest BCUT2D eigenvalue weighted by atomic mass is 19.4. The van der Waals surface area contributed by atoms with Crippen LogP contribution < -0.4 is 4.90 Å². The van der Waals surface area contributed by atoms with Crippen LogP contribution in [0.15, 0.2) is 18.3 Å². The summed E-state index contributed by atoms with van der Waals surface area (Å²) in [7, 11) is 0. The van der Waals surface area contributed by atoms with E-state index in [1.54, 1.807) is 0 Å². The van der Waals surface area contributed by atoms with Crippen LogP contribution in [0, 0.1) is 0 Å². The van der Waals surface area contributed by atoms with Crippen LogP contribution in [0.3, 0.4) is 0 Å². The van der Waals surface area contributed by atoms with E-state index in [4.69, 9.17) is 0 Å². The minimum atomic E-state index is -4.31. The fourth-order valence-corrected chi connectivity index (χ4v) is 2.35. The van der Waals surface area contributed by atoms with E-state index in [1.165, 1.54) is 6.07 Å². The smallest absolute Gasteiger partial charge is 0.351 e. The maximum Gasteiger partial charge on any atom is 0.417 e. The fourth-order valence-electron chi connectivity index (χ4n) is 2.35. The van der Waals surface area contributed by atoms with Gasteiger partial charge in [-0.15, -0.1) is 0 Å². The van der Waals surface area contributed by atoms with Gasteiger partial charge in [0.1, 0.15) is 5.82 Å². The van der Waals surface area contributed by atoms with Gasteiger partial charge < -0.3 is 4.90 Å². The molecule has 0 N–H and O–H groups in total. The quantitative estimate of drug-likeness (QED) is 0.751. The summed E-state index contributed by atoms with van der Waals surface area (Å²) in [6, 6.07) is 3.24. The molecule has 1 aromatic rings. The van der Waals surface area contributed by atoms with Crippen molar-refractivity contribution in [1.82, 2.24) is 4.98 Å². The Bertz CT molecular complexity index is 376. The van der Waals surface area contributed by atoms with Gasteiger partial charge in [0.2, 0.25) is 0 Å². The molecule has 0 amide bonds. The van der Waals surface area contributed by atoms with Gasteiger partial charge in [-0.05, 0) is 38.8 Å². The largest absolute Gasteiger partial charge is 0.417 e. The molecule has 0 bridgehead atoms. The van der Waals surface area contributed by atoms with Crippen LogP contribution in [0.1, 0.15) is 32.3 Å². The predicted octanol–water partition coefficient (Wildman–Crippen LogP) is 3.48. The Morgan fingerprint density at radius 1 is 1.18 bits per heavy atom. The van der Waals surface area contributed by atoms with Crippen LogP contribution in [-0.2, 0) is 6.18 Å². The zero-order chi connectivity index (χ0) is 12.6. The van der Waals surface area contributed by atoms with Crippen LogP contribution in [-0.4, -0.2) is 17.1 Å².